The van der Waals surface area contributed by atoms with Crippen LogP contribution < -0.4 is 0 Å². The lowest BCUT2D eigenvalue weighted by Crippen LogP contribution is -2.20. The average molecular weight is 164 g/mol. The smallest absolute Gasteiger partial charge is 0.0948 e. The van der Waals surface area contributed by atoms with E-state index in [9.17, 15) is 0 Å². The molecule has 0 amide bonds. The first-order chi connectivity index (χ1) is 5.90. The predicted octanol–water partition coefficient (Wildman–Crippen LogP) is 0.964. The number of aromatic nitrogens is 2. The van der Waals surface area contributed by atoms with Crippen LogP contribution in [0.15, 0.2) is 18.7 Å². The molecule has 2 heterocycles. The van der Waals surface area contributed by atoms with Crippen LogP contribution in [0.5, 0.6) is 0 Å². The summed E-state index contributed by atoms with van der Waals surface area (Å²) in [6.45, 7) is 7.10. The van der Waals surface area contributed by atoms with Crippen LogP contribution in [-0.2, 0) is 0 Å². The van der Waals surface area contributed by atoms with E-state index in [1.54, 1.807) is 0 Å². The second kappa shape index (κ2) is 3.27. The van der Waals surface area contributed by atoms with E-state index in [1.165, 1.54) is 13.0 Å². The van der Waals surface area contributed by atoms with Gasteiger partial charge in [-0.25, -0.2) is 4.98 Å². The maximum atomic E-state index is 4.05. The van der Waals surface area contributed by atoms with Crippen LogP contribution in [0.3, 0.4) is 0 Å². The Morgan fingerprint density at radius 1 is 1.58 bits per heavy atom. The number of hydrogen-bond acceptors (Lipinski definition) is 2. The van der Waals surface area contributed by atoms with Crippen molar-refractivity contribution >= 4 is 0 Å². The van der Waals surface area contributed by atoms with Gasteiger partial charge in [-0.1, -0.05) is 0 Å². The minimum absolute atomic E-state index is 0.620. The van der Waals surface area contributed by atoms with E-state index in [4.69, 9.17) is 0 Å². The molecule has 1 radical (unpaired) electrons. The fourth-order valence-electron chi connectivity index (χ4n) is 1.74. The third-order valence-electron chi connectivity index (χ3n) is 2.51. The molecule has 0 aromatic carbocycles. The van der Waals surface area contributed by atoms with Crippen molar-refractivity contribution in [2.24, 2.45) is 0 Å². The molecular weight excluding hydrogens is 150 g/mol. The number of nitrogens with zero attached hydrogens (tertiary/aromatic N) is 3. The van der Waals surface area contributed by atoms with Crippen LogP contribution in [0.25, 0.3) is 0 Å². The van der Waals surface area contributed by atoms with Gasteiger partial charge in [-0.2, -0.15) is 0 Å². The number of hydrogen-bond donors (Lipinski definition) is 0. The summed E-state index contributed by atoms with van der Waals surface area (Å²) in [6, 6.07) is 0.620. The SMILES string of the molecule is [CH2]CN1CCC(n2ccnc2)C1. The van der Waals surface area contributed by atoms with Gasteiger partial charge in [-0.05, 0) is 19.9 Å². The summed E-state index contributed by atoms with van der Waals surface area (Å²) in [5.41, 5.74) is 0. The van der Waals surface area contributed by atoms with Gasteiger partial charge in [0, 0.05) is 31.5 Å². The Bertz CT molecular complexity index is 230. The molecule has 0 saturated carbocycles. The fraction of sp³-hybridized carbons (Fsp3) is 0.556. The van der Waals surface area contributed by atoms with Gasteiger partial charge in [0.1, 0.15) is 0 Å². The molecule has 3 nitrogen and oxygen atoms in total. The molecule has 2 rings (SSSR count). The van der Waals surface area contributed by atoms with Gasteiger partial charge in [-0.3, -0.25) is 0 Å². The van der Waals surface area contributed by atoms with Gasteiger partial charge in [0.05, 0.1) is 6.33 Å². The van der Waals surface area contributed by atoms with Gasteiger partial charge >= 0.3 is 0 Å². The van der Waals surface area contributed by atoms with Crippen molar-refractivity contribution in [3.8, 4) is 0 Å². The molecule has 3 heteroatoms. The normalized spacial score (nSPS) is 24.9. The van der Waals surface area contributed by atoms with E-state index in [-0.39, 0.29) is 0 Å². The Morgan fingerprint density at radius 2 is 2.50 bits per heavy atom. The molecule has 1 unspecified atom stereocenters. The lowest BCUT2D eigenvalue weighted by Gasteiger charge is -2.13. The van der Waals surface area contributed by atoms with Crippen molar-refractivity contribution in [3.63, 3.8) is 0 Å². The lowest BCUT2D eigenvalue weighted by atomic mass is 10.3. The Balaban J connectivity index is 2.00. The van der Waals surface area contributed by atoms with E-state index in [2.05, 4.69) is 21.4 Å². The van der Waals surface area contributed by atoms with Gasteiger partial charge in [0.25, 0.3) is 0 Å². The summed E-state index contributed by atoms with van der Waals surface area (Å²) in [4.78, 5) is 6.41. The zero-order valence-electron chi connectivity index (χ0n) is 7.19. The molecule has 1 aromatic heterocycles. The highest BCUT2D eigenvalue weighted by Crippen LogP contribution is 2.20. The molecule has 0 aliphatic carbocycles. The molecule has 1 fully saturated rings. The third-order valence-corrected chi connectivity index (χ3v) is 2.51. The number of rotatable bonds is 2. The summed E-state index contributed by atoms with van der Waals surface area (Å²) in [7, 11) is 0. The molecule has 0 bridgehead atoms. The van der Waals surface area contributed by atoms with Gasteiger partial charge in [0.15, 0.2) is 0 Å². The lowest BCUT2D eigenvalue weighted by molar-refractivity contribution is 0.356. The van der Waals surface area contributed by atoms with Crippen LogP contribution in [0.4, 0.5) is 0 Å². The molecule has 1 atom stereocenters. The molecule has 1 aliphatic heterocycles. The summed E-state index contributed by atoms with van der Waals surface area (Å²) < 4.78 is 2.19. The average Bonchev–Trinajstić information content (AvgIpc) is 2.75. The van der Waals surface area contributed by atoms with Gasteiger partial charge < -0.3 is 9.47 Å². The van der Waals surface area contributed by atoms with Crippen molar-refractivity contribution in [2.75, 3.05) is 19.6 Å². The van der Waals surface area contributed by atoms with E-state index >= 15 is 0 Å². The fourth-order valence-corrected chi connectivity index (χ4v) is 1.74. The van der Waals surface area contributed by atoms with E-state index in [0.29, 0.717) is 6.04 Å². The van der Waals surface area contributed by atoms with Crippen molar-refractivity contribution in [1.29, 1.82) is 0 Å². The summed E-state index contributed by atoms with van der Waals surface area (Å²) in [5.74, 6) is 0. The highest BCUT2D eigenvalue weighted by Gasteiger charge is 2.21. The zero-order chi connectivity index (χ0) is 8.39. The molecule has 1 aliphatic rings. The standard InChI is InChI=1S/C9H14N3/c1-2-11-5-3-9(7-11)12-6-4-10-8-12/h4,6,8-9H,1-3,5,7H2. The van der Waals surface area contributed by atoms with E-state index < -0.39 is 0 Å². The first-order valence-corrected chi connectivity index (χ1v) is 4.39. The number of imidazole rings is 1. The van der Waals surface area contributed by atoms with E-state index in [0.717, 1.165) is 13.1 Å². The van der Waals surface area contributed by atoms with Gasteiger partial charge in [-0.15, -0.1) is 0 Å². The maximum Gasteiger partial charge on any atom is 0.0948 e. The molecule has 1 aromatic rings. The molecular formula is C9H14N3. The highest BCUT2D eigenvalue weighted by molar-refractivity contribution is 4.86. The Hall–Kier alpha value is -0.830. The van der Waals surface area contributed by atoms with Crippen LogP contribution >= 0.6 is 0 Å². The highest BCUT2D eigenvalue weighted by atomic mass is 15.2. The van der Waals surface area contributed by atoms with Crippen LogP contribution in [0.2, 0.25) is 0 Å². The first-order valence-electron chi connectivity index (χ1n) is 4.39. The zero-order valence-corrected chi connectivity index (χ0v) is 7.19. The molecule has 12 heavy (non-hydrogen) atoms. The minimum atomic E-state index is 0.620. The molecule has 0 N–H and O–H groups in total. The second-order valence-electron chi connectivity index (χ2n) is 3.25. The quantitative estimate of drug-likeness (QED) is 0.649. The minimum Gasteiger partial charge on any atom is -0.333 e. The van der Waals surface area contributed by atoms with Crippen molar-refractivity contribution in [2.45, 2.75) is 12.5 Å². The van der Waals surface area contributed by atoms with Crippen LogP contribution in [-0.4, -0.2) is 34.1 Å². The predicted molar refractivity (Wildman–Crippen MR) is 47.7 cm³/mol. The van der Waals surface area contributed by atoms with Crippen LogP contribution in [0.1, 0.15) is 12.5 Å². The summed E-state index contributed by atoms with van der Waals surface area (Å²) >= 11 is 0. The Labute approximate surface area is 73.0 Å². The Morgan fingerprint density at radius 3 is 3.08 bits per heavy atom. The van der Waals surface area contributed by atoms with Crippen molar-refractivity contribution in [3.05, 3.63) is 25.6 Å². The van der Waals surface area contributed by atoms with E-state index in [1.807, 2.05) is 18.7 Å². The molecule has 1 saturated heterocycles. The third kappa shape index (κ3) is 1.37. The summed E-state index contributed by atoms with van der Waals surface area (Å²) in [5, 5.41) is 0. The number of likely N-dealkylation sites (tertiary alicyclic amines) is 1. The molecule has 65 valence electrons. The molecule has 0 spiro atoms. The topological polar surface area (TPSA) is 21.1 Å². The second-order valence-corrected chi connectivity index (χ2v) is 3.25. The van der Waals surface area contributed by atoms with Gasteiger partial charge in [0.2, 0.25) is 0 Å². The van der Waals surface area contributed by atoms with Crippen LogP contribution in [0, 0.1) is 6.92 Å². The maximum absolute atomic E-state index is 4.05. The van der Waals surface area contributed by atoms with Crippen molar-refractivity contribution < 1.29 is 0 Å². The van der Waals surface area contributed by atoms with Crippen molar-refractivity contribution in [1.82, 2.24) is 14.5 Å². The monoisotopic (exact) mass is 164 g/mol. The Kier molecular flexibility index (Phi) is 2.13. The first kappa shape index (κ1) is 7.80. The largest absolute Gasteiger partial charge is 0.333 e. The summed E-state index contributed by atoms with van der Waals surface area (Å²) in [6.07, 6.45) is 7.01.